The lowest BCUT2D eigenvalue weighted by Gasteiger charge is -2.44. The molecule has 0 spiro atoms. The first-order chi connectivity index (χ1) is 11.0. The smallest absolute Gasteiger partial charge is 0.225 e. The van der Waals surface area contributed by atoms with E-state index in [1.54, 1.807) is 18.0 Å². The molecule has 0 saturated heterocycles. The summed E-state index contributed by atoms with van der Waals surface area (Å²) in [6.07, 6.45) is 5.33. The third-order valence-corrected chi connectivity index (χ3v) is 5.85. The number of rotatable bonds is 3. The Hall–Kier alpha value is -1.13. The number of hydrogen-bond acceptors (Lipinski definition) is 2. The zero-order valence-corrected chi connectivity index (χ0v) is 14.2. The topological polar surface area (TPSA) is 46.3 Å². The van der Waals surface area contributed by atoms with Crippen LogP contribution < -0.4 is 5.73 Å². The summed E-state index contributed by atoms with van der Waals surface area (Å²) in [7, 11) is 1.79. The van der Waals surface area contributed by atoms with Gasteiger partial charge < -0.3 is 10.6 Å². The maximum atomic E-state index is 13.5. The number of carbonyl (C=O) groups is 1. The van der Waals surface area contributed by atoms with E-state index >= 15 is 0 Å². The summed E-state index contributed by atoms with van der Waals surface area (Å²) >= 11 is 5.70. The second kappa shape index (κ2) is 6.78. The molecule has 0 radical (unpaired) electrons. The number of halogens is 2. The fourth-order valence-corrected chi connectivity index (χ4v) is 4.41. The van der Waals surface area contributed by atoms with Crippen LogP contribution in [0.4, 0.5) is 4.39 Å². The number of hydrogen-bond donors (Lipinski definition) is 1. The SMILES string of the molecule is CN(Cc1ccc(Cl)c(F)c1)C(=O)C1CC2CCCC(C1)C2N. The van der Waals surface area contributed by atoms with E-state index in [1.807, 2.05) is 0 Å². The van der Waals surface area contributed by atoms with Gasteiger partial charge in [-0.3, -0.25) is 4.79 Å². The van der Waals surface area contributed by atoms with Gasteiger partial charge in [0.15, 0.2) is 0 Å². The summed E-state index contributed by atoms with van der Waals surface area (Å²) < 4.78 is 13.5. The predicted molar refractivity (Wildman–Crippen MR) is 89.4 cm³/mol. The first-order valence-electron chi connectivity index (χ1n) is 8.40. The molecule has 2 bridgehead atoms. The average molecular weight is 339 g/mol. The van der Waals surface area contributed by atoms with Crippen LogP contribution in [0.1, 0.15) is 37.7 Å². The highest BCUT2D eigenvalue weighted by atomic mass is 35.5. The highest BCUT2D eigenvalue weighted by Crippen LogP contribution is 2.42. The lowest BCUT2D eigenvalue weighted by Crippen LogP contribution is -2.49. The van der Waals surface area contributed by atoms with Crippen LogP contribution in [-0.4, -0.2) is 23.9 Å². The van der Waals surface area contributed by atoms with Crippen LogP contribution in [0.5, 0.6) is 0 Å². The minimum atomic E-state index is -0.441. The third-order valence-electron chi connectivity index (χ3n) is 5.54. The highest BCUT2D eigenvalue weighted by Gasteiger charge is 2.41. The molecule has 23 heavy (non-hydrogen) atoms. The Kier molecular flexibility index (Phi) is 4.93. The average Bonchev–Trinajstić information content (AvgIpc) is 2.50. The van der Waals surface area contributed by atoms with Crippen molar-refractivity contribution in [1.82, 2.24) is 4.90 Å². The van der Waals surface area contributed by atoms with Crippen LogP contribution in [0.25, 0.3) is 0 Å². The Balaban J connectivity index is 1.64. The Labute approximate surface area is 142 Å². The van der Waals surface area contributed by atoms with E-state index in [2.05, 4.69) is 0 Å². The maximum absolute atomic E-state index is 13.5. The summed E-state index contributed by atoms with van der Waals surface area (Å²) in [6.45, 7) is 0.408. The quantitative estimate of drug-likeness (QED) is 0.915. The molecule has 126 valence electrons. The lowest BCUT2D eigenvalue weighted by atomic mass is 9.65. The van der Waals surface area contributed by atoms with E-state index in [0.29, 0.717) is 18.4 Å². The van der Waals surface area contributed by atoms with Gasteiger partial charge in [0.05, 0.1) is 5.02 Å². The van der Waals surface area contributed by atoms with Crippen LogP contribution in [-0.2, 0) is 11.3 Å². The van der Waals surface area contributed by atoms with Crippen LogP contribution in [0.2, 0.25) is 5.02 Å². The number of fused-ring (bicyclic) bond motifs is 2. The number of benzene rings is 1. The molecule has 2 aliphatic rings. The Morgan fingerprint density at radius 1 is 1.35 bits per heavy atom. The molecule has 2 aliphatic carbocycles. The normalized spacial score (nSPS) is 30.1. The minimum absolute atomic E-state index is 0.0623. The largest absolute Gasteiger partial charge is 0.341 e. The summed E-state index contributed by atoms with van der Waals surface area (Å²) in [5.41, 5.74) is 7.06. The van der Waals surface area contributed by atoms with E-state index in [9.17, 15) is 9.18 Å². The molecule has 2 N–H and O–H groups in total. The molecule has 3 rings (SSSR count). The zero-order valence-electron chi connectivity index (χ0n) is 13.5. The van der Waals surface area contributed by atoms with Gasteiger partial charge in [0.1, 0.15) is 5.82 Å². The molecule has 2 atom stereocenters. The first-order valence-corrected chi connectivity index (χ1v) is 8.78. The van der Waals surface area contributed by atoms with Crippen molar-refractivity contribution in [3.63, 3.8) is 0 Å². The molecule has 0 heterocycles. The van der Waals surface area contributed by atoms with Gasteiger partial charge in [0.25, 0.3) is 0 Å². The predicted octanol–water partition coefficient (Wildman–Crippen LogP) is 3.59. The highest BCUT2D eigenvalue weighted by molar-refractivity contribution is 6.30. The van der Waals surface area contributed by atoms with E-state index in [-0.39, 0.29) is 22.9 Å². The van der Waals surface area contributed by atoms with Crippen molar-refractivity contribution in [1.29, 1.82) is 0 Å². The third kappa shape index (κ3) is 3.53. The van der Waals surface area contributed by atoms with Gasteiger partial charge in [-0.2, -0.15) is 0 Å². The second-order valence-electron chi connectivity index (χ2n) is 7.14. The fraction of sp³-hybridized carbons (Fsp3) is 0.611. The molecule has 1 amide bonds. The van der Waals surface area contributed by atoms with Crippen molar-refractivity contribution in [2.45, 2.75) is 44.7 Å². The van der Waals surface area contributed by atoms with Gasteiger partial charge in [-0.15, -0.1) is 0 Å². The van der Waals surface area contributed by atoms with Crippen molar-refractivity contribution < 1.29 is 9.18 Å². The van der Waals surface area contributed by atoms with Gasteiger partial charge in [0.2, 0.25) is 5.91 Å². The molecule has 3 nitrogen and oxygen atoms in total. The maximum Gasteiger partial charge on any atom is 0.225 e. The first kappa shape index (κ1) is 16.7. The number of nitrogens with zero attached hydrogens (tertiary/aromatic N) is 1. The van der Waals surface area contributed by atoms with Gasteiger partial charge in [-0.25, -0.2) is 4.39 Å². The molecular weight excluding hydrogens is 315 g/mol. The van der Waals surface area contributed by atoms with Crippen molar-refractivity contribution in [2.75, 3.05) is 7.05 Å². The summed E-state index contributed by atoms with van der Waals surface area (Å²) in [5.74, 6) is 0.746. The molecule has 1 aromatic rings. The zero-order chi connectivity index (χ0) is 16.6. The van der Waals surface area contributed by atoms with Crippen LogP contribution in [0.3, 0.4) is 0 Å². The molecule has 0 aromatic heterocycles. The molecule has 0 aliphatic heterocycles. The van der Waals surface area contributed by atoms with Crippen LogP contribution >= 0.6 is 11.6 Å². The van der Waals surface area contributed by atoms with E-state index in [1.165, 1.54) is 18.6 Å². The Morgan fingerprint density at radius 3 is 2.61 bits per heavy atom. The summed E-state index contributed by atoms with van der Waals surface area (Å²) in [4.78, 5) is 14.5. The molecule has 5 heteroatoms. The number of nitrogens with two attached hydrogens (primary N) is 1. The van der Waals surface area contributed by atoms with Crippen LogP contribution in [0.15, 0.2) is 18.2 Å². The minimum Gasteiger partial charge on any atom is -0.341 e. The van der Waals surface area contributed by atoms with Gasteiger partial charge in [-0.1, -0.05) is 24.1 Å². The van der Waals surface area contributed by atoms with E-state index in [4.69, 9.17) is 17.3 Å². The van der Waals surface area contributed by atoms with Crippen molar-refractivity contribution >= 4 is 17.5 Å². The fourth-order valence-electron chi connectivity index (χ4n) is 4.29. The molecule has 2 saturated carbocycles. The second-order valence-corrected chi connectivity index (χ2v) is 7.55. The molecule has 2 unspecified atom stereocenters. The van der Waals surface area contributed by atoms with E-state index in [0.717, 1.165) is 31.2 Å². The van der Waals surface area contributed by atoms with Crippen molar-refractivity contribution in [2.24, 2.45) is 23.5 Å². The summed E-state index contributed by atoms with van der Waals surface area (Å²) in [6, 6.07) is 4.97. The van der Waals surface area contributed by atoms with Gasteiger partial charge >= 0.3 is 0 Å². The molecular formula is C18H24ClFN2O. The van der Waals surface area contributed by atoms with Gasteiger partial charge in [-0.05, 0) is 55.2 Å². The monoisotopic (exact) mass is 338 g/mol. The molecule has 2 fully saturated rings. The van der Waals surface area contributed by atoms with E-state index < -0.39 is 5.82 Å². The van der Waals surface area contributed by atoms with Crippen molar-refractivity contribution in [3.05, 3.63) is 34.6 Å². The van der Waals surface area contributed by atoms with Crippen molar-refractivity contribution in [3.8, 4) is 0 Å². The molecule has 1 aromatic carbocycles. The Morgan fingerprint density at radius 2 is 2.00 bits per heavy atom. The van der Waals surface area contributed by atoms with Gasteiger partial charge in [0, 0.05) is 25.6 Å². The standard InChI is InChI=1S/C18H24ClFN2O/c1-22(10-11-5-6-15(19)16(20)7-11)18(23)14-8-12-3-2-4-13(9-14)17(12)21/h5-7,12-14,17H,2-4,8-10,21H2,1H3. The summed E-state index contributed by atoms with van der Waals surface area (Å²) in [5, 5.41) is 0.108. The van der Waals surface area contributed by atoms with Crippen LogP contribution in [0, 0.1) is 23.6 Å². The number of amides is 1. The Bertz CT molecular complexity index is 580. The lowest BCUT2D eigenvalue weighted by molar-refractivity contribution is -0.137. The number of carbonyl (C=O) groups excluding carboxylic acids is 1.